The highest BCUT2D eigenvalue weighted by atomic mass is 16.8. The molecule has 3 aliphatic carbocycles. The Labute approximate surface area is 237 Å². The smallest absolute Gasteiger partial charge is 0.335 e. The Kier molecular flexibility index (Phi) is 7.26. The number of ether oxygens (including phenoxy) is 3. The lowest BCUT2D eigenvalue weighted by molar-refractivity contribution is -0.446. The van der Waals surface area contributed by atoms with Crippen LogP contribution in [0.4, 0.5) is 0 Å². The minimum Gasteiger partial charge on any atom is -0.431 e. The van der Waals surface area contributed by atoms with Crippen molar-refractivity contribution in [3.8, 4) is 0 Å². The van der Waals surface area contributed by atoms with E-state index in [1.165, 1.54) is 12.3 Å². The molecule has 14 atom stereocenters. The van der Waals surface area contributed by atoms with Gasteiger partial charge in [0.1, 0.15) is 30.0 Å². The van der Waals surface area contributed by atoms with Crippen molar-refractivity contribution in [3.63, 3.8) is 0 Å². The molecule has 1 aromatic rings. The summed E-state index contributed by atoms with van der Waals surface area (Å²) in [4.78, 5) is 11.6. The van der Waals surface area contributed by atoms with E-state index >= 15 is 0 Å². The van der Waals surface area contributed by atoms with Crippen LogP contribution in [0.3, 0.4) is 0 Å². The van der Waals surface area contributed by atoms with Crippen LogP contribution in [0.1, 0.15) is 70.3 Å². The van der Waals surface area contributed by atoms with E-state index in [-0.39, 0.29) is 25.4 Å². The molecule has 0 radical (unpaired) electrons. The van der Waals surface area contributed by atoms with Gasteiger partial charge in [-0.05, 0) is 62.5 Å². The zero-order chi connectivity index (χ0) is 29.5. The van der Waals surface area contributed by atoms with Gasteiger partial charge in [0.25, 0.3) is 0 Å². The van der Waals surface area contributed by atoms with Crippen molar-refractivity contribution < 1.29 is 54.4 Å². The van der Waals surface area contributed by atoms with Crippen molar-refractivity contribution in [3.05, 3.63) is 34.4 Å². The van der Waals surface area contributed by atoms with Crippen LogP contribution in [0.15, 0.2) is 27.6 Å². The highest BCUT2D eigenvalue weighted by Crippen LogP contribution is 2.69. The molecule has 12 nitrogen and oxygen atoms in total. The van der Waals surface area contributed by atoms with Crippen LogP contribution < -0.4 is 5.63 Å². The van der Waals surface area contributed by atoms with Crippen LogP contribution in [0, 0.1) is 17.3 Å². The van der Waals surface area contributed by atoms with E-state index in [4.69, 9.17) is 18.6 Å². The van der Waals surface area contributed by atoms with Gasteiger partial charge in [0.2, 0.25) is 5.79 Å². The fraction of sp³-hybridized carbons (Fsp3) is 0.828. The third kappa shape index (κ3) is 4.14. The topological polar surface area (TPSA) is 200 Å². The molecule has 0 aromatic carbocycles. The number of hydrogen-bond acceptors (Lipinski definition) is 12. The molecular weight excluding hydrogens is 540 g/mol. The maximum absolute atomic E-state index is 12.5. The van der Waals surface area contributed by atoms with Gasteiger partial charge in [-0.1, -0.05) is 6.92 Å². The lowest BCUT2D eigenvalue weighted by atomic mass is 9.47. The molecule has 5 fully saturated rings. The molecule has 2 aliphatic heterocycles. The van der Waals surface area contributed by atoms with E-state index in [0.717, 1.165) is 0 Å². The van der Waals surface area contributed by atoms with Gasteiger partial charge in [-0.2, -0.15) is 0 Å². The zero-order valence-electron chi connectivity index (χ0n) is 23.3. The molecule has 14 unspecified atom stereocenters. The molecule has 0 bridgehead atoms. The summed E-state index contributed by atoms with van der Waals surface area (Å²) >= 11 is 0. The second-order valence-electron chi connectivity index (χ2n) is 13.2. The van der Waals surface area contributed by atoms with Gasteiger partial charge in [0.15, 0.2) is 6.29 Å². The van der Waals surface area contributed by atoms with E-state index in [9.17, 15) is 40.5 Å². The summed E-state index contributed by atoms with van der Waals surface area (Å²) in [7, 11) is 0. The number of fused-ring (bicyclic) bond motifs is 5. The molecule has 41 heavy (non-hydrogen) atoms. The predicted octanol–water partition coefficient (Wildman–Crippen LogP) is -0.512. The zero-order valence-corrected chi connectivity index (χ0v) is 23.3. The van der Waals surface area contributed by atoms with Crippen molar-refractivity contribution in [2.24, 2.45) is 17.3 Å². The van der Waals surface area contributed by atoms with Crippen molar-refractivity contribution in [1.29, 1.82) is 0 Å². The molecular formula is C29H42O12. The van der Waals surface area contributed by atoms with Gasteiger partial charge < -0.3 is 54.4 Å². The molecule has 12 heteroatoms. The summed E-state index contributed by atoms with van der Waals surface area (Å²) in [6, 6.07) is 2.94. The molecule has 5 aliphatic rings. The molecule has 230 valence electrons. The summed E-state index contributed by atoms with van der Waals surface area (Å²) < 4.78 is 23.4. The van der Waals surface area contributed by atoms with E-state index in [1.54, 1.807) is 6.07 Å². The first-order chi connectivity index (χ1) is 19.3. The van der Waals surface area contributed by atoms with Crippen molar-refractivity contribution >= 4 is 0 Å². The summed E-state index contributed by atoms with van der Waals surface area (Å²) in [6.45, 7) is 3.18. The Morgan fingerprint density at radius 1 is 0.951 bits per heavy atom. The third-order valence-electron chi connectivity index (χ3n) is 11.3. The minimum atomic E-state index is -1.67. The maximum Gasteiger partial charge on any atom is 0.335 e. The second-order valence-corrected chi connectivity index (χ2v) is 13.2. The van der Waals surface area contributed by atoms with Crippen LogP contribution >= 0.6 is 0 Å². The van der Waals surface area contributed by atoms with Gasteiger partial charge in [0, 0.05) is 30.2 Å². The molecule has 7 N–H and O–H groups in total. The monoisotopic (exact) mass is 582 g/mol. The Morgan fingerprint density at radius 2 is 1.66 bits per heavy atom. The maximum atomic E-state index is 12.5. The quantitative estimate of drug-likeness (QED) is 0.225. The highest BCUT2D eigenvalue weighted by Gasteiger charge is 2.74. The van der Waals surface area contributed by atoms with E-state index in [1.807, 2.05) is 13.8 Å². The molecule has 0 amide bonds. The number of rotatable bonds is 4. The fourth-order valence-corrected chi connectivity index (χ4v) is 9.18. The average Bonchev–Trinajstić information content (AvgIpc) is 3.15. The van der Waals surface area contributed by atoms with Crippen LogP contribution in [-0.4, -0.2) is 102 Å². The summed E-state index contributed by atoms with van der Waals surface area (Å²) in [5.74, 6) is -3.05. The van der Waals surface area contributed by atoms with Crippen molar-refractivity contribution in [2.75, 3.05) is 6.61 Å². The lowest BCUT2D eigenvalue weighted by Crippen LogP contribution is -2.74. The number of aliphatic hydroxyl groups excluding tert-OH is 5. The van der Waals surface area contributed by atoms with Gasteiger partial charge in [0.05, 0.1) is 30.7 Å². The highest BCUT2D eigenvalue weighted by molar-refractivity contribution is 5.30. The first kappa shape index (κ1) is 29.6. The summed E-state index contributed by atoms with van der Waals surface area (Å²) in [6.07, 6.45) is -5.08. The molecule has 3 saturated carbocycles. The standard InChI is InChI=1S/C29H42O12/c1-14-5-9-27(36)16-6-8-26(2)21(15-3-4-20(32)38-13-15)18(31)11-28(26,37)17(16)7-10-29(27,40-14)41-25-24(35)23(34)22(33)19(12-30)39-25/h3-4,13-14,16-19,21-25,30-31,33-37H,5-12H2,1-2H3. The molecule has 3 heterocycles. The summed E-state index contributed by atoms with van der Waals surface area (Å²) in [5, 5.41) is 77.3. The average molecular weight is 583 g/mol. The SMILES string of the molecule is CC1CCC2(O)C3CCC4(C)C(c5ccc(=O)oc5)C(O)CC4(O)C3CCC2(OC2OC(CO)C(O)C(O)C2O)O1. The Morgan fingerprint density at radius 3 is 2.34 bits per heavy atom. The van der Waals surface area contributed by atoms with Crippen LogP contribution in [0.5, 0.6) is 0 Å². The molecule has 1 aromatic heterocycles. The van der Waals surface area contributed by atoms with Crippen LogP contribution in [-0.2, 0) is 14.2 Å². The van der Waals surface area contributed by atoms with Gasteiger partial charge in [-0.25, -0.2) is 4.79 Å². The largest absolute Gasteiger partial charge is 0.431 e. The van der Waals surface area contributed by atoms with E-state index in [0.29, 0.717) is 31.2 Å². The van der Waals surface area contributed by atoms with Crippen LogP contribution in [0.25, 0.3) is 0 Å². The Hall–Kier alpha value is -1.45. The number of aliphatic hydroxyl groups is 7. The van der Waals surface area contributed by atoms with Gasteiger partial charge >= 0.3 is 5.63 Å². The fourth-order valence-electron chi connectivity index (χ4n) is 9.18. The van der Waals surface area contributed by atoms with E-state index < -0.39 is 89.2 Å². The first-order valence-electron chi connectivity index (χ1n) is 14.7. The summed E-state index contributed by atoms with van der Waals surface area (Å²) in [5.41, 5.74) is -3.60. The van der Waals surface area contributed by atoms with Gasteiger partial charge in [-0.3, -0.25) is 0 Å². The van der Waals surface area contributed by atoms with E-state index in [2.05, 4.69) is 0 Å². The molecule has 6 rings (SSSR count). The number of hydrogen-bond donors (Lipinski definition) is 7. The Bertz CT molecular complexity index is 1170. The first-order valence-corrected chi connectivity index (χ1v) is 14.7. The second kappa shape index (κ2) is 10.0. The van der Waals surface area contributed by atoms with Crippen molar-refractivity contribution in [1.82, 2.24) is 0 Å². The van der Waals surface area contributed by atoms with Crippen LogP contribution in [0.2, 0.25) is 0 Å². The molecule has 2 saturated heterocycles. The Balaban J connectivity index is 1.34. The van der Waals surface area contributed by atoms with Crippen molar-refractivity contribution in [2.45, 2.75) is 125 Å². The molecule has 0 spiro atoms. The third-order valence-corrected chi connectivity index (χ3v) is 11.3. The minimum absolute atomic E-state index is 0.0857. The van der Waals surface area contributed by atoms with Gasteiger partial charge in [-0.15, -0.1) is 0 Å². The predicted molar refractivity (Wildman–Crippen MR) is 139 cm³/mol. The normalized spacial score (nSPS) is 53.3. The lowest BCUT2D eigenvalue weighted by Gasteiger charge is -2.65.